The van der Waals surface area contributed by atoms with Crippen LogP contribution in [0.15, 0.2) is 52.6 Å². The van der Waals surface area contributed by atoms with Gasteiger partial charge in [0.05, 0.1) is 0 Å². The molecule has 0 amide bonds. The molecule has 148 valence electrons. The van der Waals surface area contributed by atoms with E-state index in [0.717, 1.165) is 32.1 Å². The molecule has 0 unspecified atom stereocenters. The van der Waals surface area contributed by atoms with E-state index in [1.54, 1.807) is 6.08 Å². The molecule has 0 spiro atoms. The predicted molar refractivity (Wildman–Crippen MR) is 122 cm³/mol. The molecule has 0 saturated heterocycles. The molecule has 0 bridgehead atoms. The molecule has 2 nitrogen and oxygen atoms in total. The zero-order valence-electron chi connectivity index (χ0n) is 16.9. The number of esters is 1. The fraction of sp³-hybridized carbons (Fsp3) is 0.542. The van der Waals surface area contributed by atoms with Crippen molar-refractivity contribution in [2.45, 2.75) is 70.8 Å². The third kappa shape index (κ3) is 6.78. The second kappa shape index (κ2) is 11.0. The summed E-state index contributed by atoms with van der Waals surface area (Å²) in [6.45, 7) is 6.85. The van der Waals surface area contributed by atoms with Crippen molar-refractivity contribution in [3.8, 4) is 0 Å². The number of hydrogen-bond acceptors (Lipinski definition) is 2. The van der Waals surface area contributed by atoms with Gasteiger partial charge in [0.2, 0.25) is 0 Å². The third-order valence-electron chi connectivity index (χ3n) is 5.85. The van der Waals surface area contributed by atoms with E-state index in [-0.39, 0.29) is 17.5 Å². The smallest absolute Gasteiger partial charge is 0.330 e. The summed E-state index contributed by atoms with van der Waals surface area (Å²) in [5, 5.41) is 0. The summed E-state index contributed by atoms with van der Waals surface area (Å²) in [6.07, 6.45) is 12.0. The number of halogens is 1. The van der Waals surface area contributed by atoms with Gasteiger partial charge in [0.25, 0.3) is 0 Å². The van der Waals surface area contributed by atoms with E-state index in [2.05, 4.69) is 79.8 Å². The molecule has 0 radical (unpaired) electrons. The monoisotopic (exact) mass is 480 g/mol. The maximum absolute atomic E-state index is 12.4. The largest absolute Gasteiger partial charge is 0.459 e. The van der Waals surface area contributed by atoms with Crippen LogP contribution < -0.4 is 0 Å². The van der Waals surface area contributed by atoms with E-state index in [4.69, 9.17) is 4.74 Å². The lowest BCUT2D eigenvalue weighted by molar-refractivity contribution is -0.150. The van der Waals surface area contributed by atoms with Crippen LogP contribution in [0, 0.1) is 11.8 Å². The molecule has 3 heteroatoms. The molecule has 1 aromatic carbocycles. The van der Waals surface area contributed by atoms with E-state index in [1.807, 2.05) is 10.2 Å². The number of rotatable bonds is 8. The van der Waals surface area contributed by atoms with E-state index in [0.29, 0.717) is 11.8 Å². The Morgan fingerprint density at radius 2 is 1.89 bits per heavy atom. The van der Waals surface area contributed by atoms with Gasteiger partial charge in [-0.1, -0.05) is 92.3 Å². The molecule has 1 aliphatic rings. The van der Waals surface area contributed by atoms with Crippen molar-refractivity contribution in [2.75, 3.05) is 0 Å². The second-order valence-corrected chi connectivity index (χ2v) is 9.00. The molecule has 1 aliphatic carbocycles. The maximum Gasteiger partial charge on any atom is 0.330 e. The van der Waals surface area contributed by atoms with Crippen LogP contribution in [0.5, 0.6) is 0 Å². The van der Waals surface area contributed by atoms with E-state index >= 15 is 0 Å². The number of unbranched alkanes of at least 4 members (excludes halogenated alkanes) is 2. The Morgan fingerprint density at radius 1 is 1.19 bits per heavy atom. The predicted octanol–water partition coefficient (Wildman–Crippen LogP) is 6.99. The lowest BCUT2D eigenvalue weighted by atomic mass is 9.64. The first-order valence-electron chi connectivity index (χ1n) is 10.1. The standard InChI is InChI=1S/C24H33IO2/c1-19-15-16-21(24(2,3)20-12-8-7-9-13-20)22(18-19)27-23(26)14-10-5-4-6-11-17-25/h7-14,17,19,21-22H,4-6,15-16,18H2,1-3H3/b14-10+,17-11-/t19-,21-,22-/m1/s1. The topological polar surface area (TPSA) is 26.3 Å². The third-order valence-corrected chi connectivity index (χ3v) is 6.36. The zero-order chi connectivity index (χ0) is 19.7. The van der Waals surface area contributed by atoms with Crippen molar-refractivity contribution >= 4 is 28.6 Å². The molecule has 3 atom stereocenters. The number of ether oxygens (including phenoxy) is 1. The van der Waals surface area contributed by atoms with Crippen molar-refractivity contribution < 1.29 is 9.53 Å². The first-order valence-corrected chi connectivity index (χ1v) is 11.4. The van der Waals surface area contributed by atoms with E-state index in [9.17, 15) is 4.79 Å². The fourth-order valence-electron chi connectivity index (χ4n) is 4.15. The molecular formula is C24H33IO2. The van der Waals surface area contributed by atoms with Gasteiger partial charge in [-0.3, -0.25) is 0 Å². The molecular weight excluding hydrogens is 447 g/mol. The highest BCUT2D eigenvalue weighted by atomic mass is 127. The fourth-order valence-corrected chi connectivity index (χ4v) is 4.51. The Hall–Kier alpha value is -1.10. The summed E-state index contributed by atoms with van der Waals surface area (Å²) in [4.78, 5) is 12.4. The first kappa shape index (κ1) is 22.2. The Kier molecular flexibility index (Phi) is 9.07. The molecule has 0 N–H and O–H groups in total. The molecule has 0 aromatic heterocycles. The van der Waals surface area contributed by atoms with E-state index in [1.165, 1.54) is 12.0 Å². The van der Waals surface area contributed by atoms with Crippen LogP contribution in [0.3, 0.4) is 0 Å². The van der Waals surface area contributed by atoms with Gasteiger partial charge in [0.15, 0.2) is 0 Å². The summed E-state index contributed by atoms with van der Waals surface area (Å²) in [6, 6.07) is 10.6. The summed E-state index contributed by atoms with van der Waals surface area (Å²) in [5.74, 6) is 0.768. The van der Waals surface area contributed by atoms with Gasteiger partial charge in [0.1, 0.15) is 6.10 Å². The summed E-state index contributed by atoms with van der Waals surface area (Å²) in [5.41, 5.74) is 1.31. The summed E-state index contributed by atoms with van der Waals surface area (Å²) in [7, 11) is 0. The van der Waals surface area contributed by atoms with Crippen molar-refractivity contribution in [1.82, 2.24) is 0 Å². The Balaban J connectivity index is 2.01. The highest BCUT2D eigenvalue weighted by molar-refractivity contribution is 14.1. The van der Waals surface area contributed by atoms with Gasteiger partial charge in [-0.05, 0) is 53.1 Å². The van der Waals surface area contributed by atoms with Gasteiger partial charge >= 0.3 is 5.97 Å². The highest BCUT2D eigenvalue weighted by Crippen LogP contribution is 2.43. The normalized spacial score (nSPS) is 23.8. The van der Waals surface area contributed by atoms with Crippen LogP contribution in [0.1, 0.15) is 64.9 Å². The molecule has 2 rings (SSSR count). The molecule has 0 heterocycles. The summed E-state index contributed by atoms with van der Waals surface area (Å²) >= 11 is 2.23. The van der Waals surface area contributed by atoms with E-state index < -0.39 is 0 Å². The number of carbonyl (C=O) groups excluding carboxylic acids is 1. The minimum Gasteiger partial charge on any atom is -0.459 e. The highest BCUT2D eigenvalue weighted by Gasteiger charge is 2.41. The molecule has 0 aliphatic heterocycles. The molecule has 1 aromatic rings. The van der Waals surface area contributed by atoms with Crippen LogP contribution in [0.2, 0.25) is 0 Å². The van der Waals surface area contributed by atoms with Crippen molar-refractivity contribution in [2.24, 2.45) is 11.8 Å². The lowest BCUT2D eigenvalue weighted by Crippen LogP contribution is -2.43. The minimum absolute atomic E-state index is 0.0111. The van der Waals surface area contributed by atoms with Crippen LogP contribution in [-0.4, -0.2) is 12.1 Å². The van der Waals surface area contributed by atoms with Gasteiger partial charge in [-0.15, -0.1) is 0 Å². The Labute approximate surface area is 178 Å². The zero-order valence-corrected chi connectivity index (χ0v) is 19.0. The quantitative estimate of drug-likeness (QED) is 0.174. The van der Waals surface area contributed by atoms with Gasteiger partial charge < -0.3 is 4.74 Å². The van der Waals surface area contributed by atoms with Crippen molar-refractivity contribution in [1.29, 1.82) is 0 Å². The van der Waals surface area contributed by atoms with Gasteiger partial charge in [0, 0.05) is 12.0 Å². The van der Waals surface area contributed by atoms with Crippen molar-refractivity contribution in [3.63, 3.8) is 0 Å². The lowest BCUT2D eigenvalue weighted by Gasteiger charge is -2.43. The van der Waals surface area contributed by atoms with Gasteiger partial charge in [-0.2, -0.15) is 0 Å². The van der Waals surface area contributed by atoms with Crippen LogP contribution in [0.25, 0.3) is 0 Å². The number of carbonyl (C=O) groups is 1. The second-order valence-electron chi connectivity index (χ2n) is 8.28. The molecule has 27 heavy (non-hydrogen) atoms. The average Bonchev–Trinajstić information content (AvgIpc) is 2.65. The molecule has 1 fully saturated rings. The maximum atomic E-state index is 12.4. The summed E-state index contributed by atoms with van der Waals surface area (Å²) < 4.78 is 8.01. The number of allylic oxidation sites excluding steroid dienone is 2. The minimum atomic E-state index is -0.188. The Bertz CT molecular complexity index is 633. The number of hydrogen-bond donors (Lipinski definition) is 0. The number of benzene rings is 1. The first-order chi connectivity index (χ1) is 12.9. The van der Waals surface area contributed by atoms with Crippen LogP contribution in [-0.2, 0) is 14.9 Å². The Morgan fingerprint density at radius 3 is 2.59 bits per heavy atom. The van der Waals surface area contributed by atoms with Gasteiger partial charge in [-0.25, -0.2) is 4.79 Å². The van der Waals surface area contributed by atoms with Crippen LogP contribution in [0.4, 0.5) is 0 Å². The SMILES string of the molecule is C[C@@H]1CC[C@@H](C(C)(C)c2ccccc2)[C@H](OC(=O)/C=C/CCC/C=C\I)C1. The molecule has 1 saturated carbocycles. The van der Waals surface area contributed by atoms with Crippen molar-refractivity contribution in [3.05, 3.63) is 58.2 Å². The average molecular weight is 480 g/mol. The van der Waals surface area contributed by atoms with Crippen LogP contribution >= 0.6 is 22.6 Å².